The Morgan fingerprint density at radius 2 is 1.17 bits per heavy atom. The molecular weight excluding hydrogens is 228 g/mol. The van der Waals surface area contributed by atoms with Crippen LogP contribution < -0.4 is 0 Å². The third-order valence-corrected chi connectivity index (χ3v) is 2.19. The molecule has 4 heteroatoms. The molecule has 2 aromatic rings. The molecule has 2 aromatic heterocycles. The predicted octanol–water partition coefficient (Wildman–Crippen LogP) is 1.23. The van der Waals surface area contributed by atoms with Crippen LogP contribution in [0.1, 0.15) is 11.4 Å². The van der Waals surface area contributed by atoms with Gasteiger partial charge in [-0.2, -0.15) is 0 Å². The predicted molar refractivity (Wildman–Crippen MR) is 70.1 cm³/mol. The third kappa shape index (κ3) is 6.08. The van der Waals surface area contributed by atoms with E-state index < -0.39 is 0 Å². The van der Waals surface area contributed by atoms with Crippen molar-refractivity contribution >= 4 is 0 Å². The van der Waals surface area contributed by atoms with Crippen LogP contribution >= 0.6 is 0 Å². The Balaban J connectivity index is 0.000000180. The number of aliphatic hydroxyl groups excluding tert-OH is 2. The zero-order chi connectivity index (χ0) is 13.1. The smallest absolute Gasteiger partial charge is 0.0486 e. The second-order valence-corrected chi connectivity index (χ2v) is 3.59. The Labute approximate surface area is 107 Å². The summed E-state index contributed by atoms with van der Waals surface area (Å²) in [5.41, 5.74) is 1.89. The van der Waals surface area contributed by atoms with Crippen molar-refractivity contribution in [2.24, 2.45) is 0 Å². The summed E-state index contributed by atoms with van der Waals surface area (Å²) in [5, 5.41) is 17.0. The van der Waals surface area contributed by atoms with Crippen LogP contribution in [0.3, 0.4) is 0 Å². The zero-order valence-electron chi connectivity index (χ0n) is 10.2. The summed E-state index contributed by atoms with van der Waals surface area (Å²) in [4.78, 5) is 8.02. The number of nitrogens with zero attached hydrogens (tertiary/aromatic N) is 2. The second kappa shape index (κ2) is 9.27. The summed E-state index contributed by atoms with van der Waals surface area (Å²) < 4.78 is 0. The van der Waals surface area contributed by atoms with E-state index in [1.807, 2.05) is 36.4 Å². The quantitative estimate of drug-likeness (QED) is 0.851. The Morgan fingerprint density at radius 3 is 1.44 bits per heavy atom. The number of pyridine rings is 2. The lowest BCUT2D eigenvalue weighted by Gasteiger charge is -1.92. The number of aliphatic hydroxyl groups is 2. The maximum atomic E-state index is 8.48. The molecule has 0 saturated heterocycles. The number of rotatable bonds is 4. The van der Waals surface area contributed by atoms with Gasteiger partial charge in [0, 0.05) is 49.8 Å². The average molecular weight is 246 g/mol. The fourth-order valence-electron chi connectivity index (χ4n) is 1.32. The lowest BCUT2D eigenvalue weighted by atomic mass is 10.3. The lowest BCUT2D eigenvalue weighted by Crippen LogP contribution is -1.92. The molecule has 0 aromatic carbocycles. The largest absolute Gasteiger partial charge is 0.396 e. The summed E-state index contributed by atoms with van der Waals surface area (Å²) in [7, 11) is 0. The van der Waals surface area contributed by atoms with Crippen LogP contribution in [-0.2, 0) is 12.8 Å². The molecule has 0 radical (unpaired) electrons. The molecule has 4 nitrogen and oxygen atoms in total. The van der Waals surface area contributed by atoms with Crippen LogP contribution in [0.4, 0.5) is 0 Å². The van der Waals surface area contributed by atoms with E-state index in [9.17, 15) is 0 Å². The minimum Gasteiger partial charge on any atom is -0.396 e. The highest BCUT2D eigenvalue weighted by Gasteiger charge is 1.87. The number of hydrogen-bond donors (Lipinski definition) is 2. The van der Waals surface area contributed by atoms with E-state index in [1.165, 1.54) is 0 Å². The van der Waals surface area contributed by atoms with Crippen LogP contribution in [0.15, 0.2) is 48.8 Å². The van der Waals surface area contributed by atoms with Crippen molar-refractivity contribution in [3.8, 4) is 0 Å². The molecule has 0 unspecified atom stereocenters. The fourth-order valence-corrected chi connectivity index (χ4v) is 1.32. The van der Waals surface area contributed by atoms with Crippen LogP contribution in [0.2, 0.25) is 0 Å². The summed E-state index contributed by atoms with van der Waals surface area (Å²) in [6.07, 6.45) is 4.76. The van der Waals surface area contributed by atoms with E-state index in [2.05, 4.69) is 9.97 Å². The summed E-state index contributed by atoms with van der Waals surface area (Å²) in [6.45, 7) is 0.355. The van der Waals surface area contributed by atoms with E-state index in [4.69, 9.17) is 10.2 Å². The van der Waals surface area contributed by atoms with E-state index >= 15 is 0 Å². The minimum atomic E-state index is 0.178. The maximum Gasteiger partial charge on any atom is 0.0486 e. The second-order valence-electron chi connectivity index (χ2n) is 3.59. The summed E-state index contributed by atoms with van der Waals surface area (Å²) in [6, 6.07) is 11.4. The number of hydrogen-bond acceptors (Lipinski definition) is 4. The first-order valence-electron chi connectivity index (χ1n) is 5.88. The summed E-state index contributed by atoms with van der Waals surface area (Å²) in [5.74, 6) is 0. The molecule has 2 heterocycles. The van der Waals surface area contributed by atoms with Gasteiger partial charge >= 0.3 is 0 Å². The van der Waals surface area contributed by atoms with Crippen molar-refractivity contribution in [1.82, 2.24) is 9.97 Å². The topological polar surface area (TPSA) is 66.2 Å². The molecule has 2 rings (SSSR count). The molecule has 0 aliphatic carbocycles. The van der Waals surface area contributed by atoms with Crippen LogP contribution in [-0.4, -0.2) is 33.4 Å². The normalized spacial score (nSPS) is 9.44. The Kier molecular flexibility index (Phi) is 7.36. The molecule has 0 atom stereocenters. The van der Waals surface area contributed by atoms with Crippen molar-refractivity contribution in [2.45, 2.75) is 12.8 Å². The Bertz CT molecular complexity index is 365. The molecule has 0 aliphatic rings. The van der Waals surface area contributed by atoms with Gasteiger partial charge in [-0.25, -0.2) is 0 Å². The monoisotopic (exact) mass is 246 g/mol. The first-order valence-corrected chi connectivity index (χ1v) is 5.88. The van der Waals surface area contributed by atoms with Gasteiger partial charge in [-0.1, -0.05) is 12.1 Å². The first-order chi connectivity index (χ1) is 8.86. The van der Waals surface area contributed by atoms with Gasteiger partial charge in [0.25, 0.3) is 0 Å². The molecule has 96 valence electrons. The third-order valence-electron chi connectivity index (χ3n) is 2.19. The van der Waals surface area contributed by atoms with Gasteiger partial charge in [0.1, 0.15) is 0 Å². The molecule has 0 fully saturated rings. The van der Waals surface area contributed by atoms with E-state index in [-0.39, 0.29) is 13.2 Å². The molecule has 0 amide bonds. The highest BCUT2D eigenvalue weighted by molar-refractivity contribution is 5.03. The van der Waals surface area contributed by atoms with Crippen LogP contribution in [0.25, 0.3) is 0 Å². The Hall–Kier alpha value is -1.78. The summed E-state index contributed by atoms with van der Waals surface area (Å²) >= 11 is 0. The van der Waals surface area contributed by atoms with E-state index in [0.29, 0.717) is 12.8 Å². The van der Waals surface area contributed by atoms with Crippen LogP contribution in [0.5, 0.6) is 0 Å². The highest BCUT2D eigenvalue weighted by atomic mass is 16.3. The van der Waals surface area contributed by atoms with Gasteiger partial charge in [0.05, 0.1) is 0 Å². The maximum absolute atomic E-state index is 8.48. The lowest BCUT2D eigenvalue weighted by molar-refractivity contribution is 0.298. The van der Waals surface area contributed by atoms with E-state index in [1.54, 1.807) is 12.4 Å². The van der Waals surface area contributed by atoms with E-state index in [0.717, 1.165) is 11.4 Å². The van der Waals surface area contributed by atoms with Crippen LogP contribution in [0, 0.1) is 0 Å². The van der Waals surface area contributed by atoms with Gasteiger partial charge < -0.3 is 10.2 Å². The van der Waals surface area contributed by atoms with Crippen molar-refractivity contribution in [3.05, 3.63) is 60.2 Å². The molecule has 0 aliphatic heterocycles. The van der Waals surface area contributed by atoms with Crippen molar-refractivity contribution in [2.75, 3.05) is 13.2 Å². The average Bonchev–Trinajstić information content (AvgIpc) is 2.43. The zero-order valence-corrected chi connectivity index (χ0v) is 10.2. The molecule has 0 spiro atoms. The molecule has 0 saturated carbocycles. The Morgan fingerprint density at radius 1 is 0.722 bits per heavy atom. The number of aromatic nitrogens is 2. The first kappa shape index (κ1) is 14.3. The van der Waals surface area contributed by atoms with Crippen molar-refractivity contribution < 1.29 is 10.2 Å². The minimum absolute atomic E-state index is 0.178. The van der Waals surface area contributed by atoms with Crippen molar-refractivity contribution in [3.63, 3.8) is 0 Å². The van der Waals surface area contributed by atoms with Gasteiger partial charge in [0.2, 0.25) is 0 Å². The standard InChI is InChI=1S/2C7H9NO/c2*9-6-4-7-3-1-2-5-8-7/h2*1-3,5,9H,4,6H2. The van der Waals surface area contributed by atoms with Gasteiger partial charge in [0.15, 0.2) is 0 Å². The SMILES string of the molecule is OCCc1ccccn1.OCCc1ccccn1. The van der Waals surface area contributed by atoms with Gasteiger partial charge in [-0.3, -0.25) is 9.97 Å². The molecular formula is C14H18N2O2. The van der Waals surface area contributed by atoms with Gasteiger partial charge in [-0.15, -0.1) is 0 Å². The molecule has 0 bridgehead atoms. The molecule has 2 N–H and O–H groups in total. The molecule has 18 heavy (non-hydrogen) atoms. The fraction of sp³-hybridized carbons (Fsp3) is 0.286. The van der Waals surface area contributed by atoms with Gasteiger partial charge in [-0.05, 0) is 24.3 Å². The highest BCUT2D eigenvalue weighted by Crippen LogP contribution is 1.92. The van der Waals surface area contributed by atoms with Crippen molar-refractivity contribution in [1.29, 1.82) is 0 Å².